The van der Waals surface area contributed by atoms with Crippen LogP contribution in [0.3, 0.4) is 0 Å². The summed E-state index contributed by atoms with van der Waals surface area (Å²) in [6, 6.07) is 12.6. The summed E-state index contributed by atoms with van der Waals surface area (Å²) in [6.07, 6.45) is 5.82. The van der Waals surface area contributed by atoms with Crippen molar-refractivity contribution in [2.24, 2.45) is 0 Å². The number of benzene rings is 2. The summed E-state index contributed by atoms with van der Waals surface area (Å²) in [5, 5.41) is 1.96. The van der Waals surface area contributed by atoms with Crippen molar-refractivity contribution in [1.29, 1.82) is 0 Å². The van der Waals surface area contributed by atoms with Gasteiger partial charge in [-0.3, -0.25) is 10.4 Å². The number of hydrogen-bond acceptors (Lipinski definition) is 5. The highest BCUT2D eigenvalue weighted by Crippen LogP contribution is 2.19. The molecule has 0 amide bonds. The van der Waals surface area contributed by atoms with E-state index in [9.17, 15) is 4.39 Å². The maximum Gasteiger partial charge on any atom is 0.123 e. The lowest BCUT2D eigenvalue weighted by Gasteiger charge is -2.27. The summed E-state index contributed by atoms with van der Waals surface area (Å²) < 4.78 is 21.9. The van der Waals surface area contributed by atoms with Gasteiger partial charge in [0.25, 0.3) is 0 Å². The van der Waals surface area contributed by atoms with Gasteiger partial charge in [0.05, 0.1) is 24.0 Å². The molecule has 0 radical (unpaired) electrons. The van der Waals surface area contributed by atoms with Crippen LogP contribution >= 0.6 is 11.7 Å². The molecule has 0 spiro atoms. The van der Waals surface area contributed by atoms with Crippen LogP contribution in [0.1, 0.15) is 11.1 Å². The van der Waals surface area contributed by atoms with Crippen molar-refractivity contribution in [2.75, 3.05) is 0 Å². The Labute approximate surface area is 136 Å². The van der Waals surface area contributed by atoms with Crippen LogP contribution in [0.4, 0.5) is 4.39 Å². The van der Waals surface area contributed by atoms with Crippen LogP contribution in [-0.4, -0.2) is 13.8 Å². The van der Waals surface area contributed by atoms with E-state index in [-0.39, 0.29) is 5.82 Å². The molecule has 2 heterocycles. The highest BCUT2D eigenvalue weighted by Gasteiger charge is 2.10. The van der Waals surface area contributed by atoms with E-state index in [2.05, 4.69) is 14.2 Å². The highest BCUT2D eigenvalue weighted by molar-refractivity contribution is 7.00. The molecule has 1 aliphatic rings. The average Bonchev–Trinajstić information content (AvgIpc) is 3.03. The molecule has 0 fully saturated rings. The molecule has 0 unspecified atom stereocenters. The average molecular weight is 324 g/mol. The fraction of sp³-hybridized carbons (Fsp3) is 0.0588. The molecule has 1 aliphatic heterocycles. The maximum absolute atomic E-state index is 13.4. The first-order valence-electron chi connectivity index (χ1n) is 7.17. The zero-order chi connectivity index (χ0) is 15.6. The number of hydrazine groups is 1. The molecule has 1 N–H and O–H groups in total. The van der Waals surface area contributed by atoms with Crippen molar-refractivity contribution in [3.8, 4) is 0 Å². The third-order valence-electron chi connectivity index (χ3n) is 3.60. The largest absolute Gasteiger partial charge is 0.298 e. The molecular formula is C17H13FN4S. The molecular weight excluding hydrogens is 311 g/mol. The Kier molecular flexibility index (Phi) is 3.51. The van der Waals surface area contributed by atoms with Crippen LogP contribution in [0.5, 0.6) is 0 Å². The molecule has 6 heteroatoms. The summed E-state index contributed by atoms with van der Waals surface area (Å²) in [4.78, 5) is 0. The molecule has 23 heavy (non-hydrogen) atoms. The lowest BCUT2D eigenvalue weighted by atomic mass is 10.1. The van der Waals surface area contributed by atoms with Gasteiger partial charge in [-0.2, -0.15) is 8.75 Å². The van der Waals surface area contributed by atoms with Gasteiger partial charge in [-0.15, -0.1) is 0 Å². The second-order valence-corrected chi connectivity index (χ2v) is 5.79. The van der Waals surface area contributed by atoms with E-state index in [0.29, 0.717) is 6.54 Å². The van der Waals surface area contributed by atoms with E-state index in [0.717, 1.165) is 27.9 Å². The Bertz CT molecular complexity index is 916. The third kappa shape index (κ3) is 2.93. The minimum absolute atomic E-state index is 0.243. The Balaban J connectivity index is 1.52. The van der Waals surface area contributed by atoms with Crippen LogP contribution in [-0.2, 0) is 6.54 Å². The number of nitrogens with one attached hydrogen (secondary N) is 1. The summed E-state index contributed by atoms with van der Waals surface area (Å²) in [6.45, 7) is 0.677. The number of allylic oxidation sites excluding steroid dienone is 2. The summed E-state index contributed by atoms with van der Waals surface area (Å²) in [7, 11) is 0. The number of hydrogen-bond donors (Lipinski definition) is 1. The predicted molar refractivity (Wildman–Crippen MR) is 89.6 cm³/mol. The Morgan fingerprint density at radius 1 is 1.09 bits per heavy atom. The number of rotatable bonds is 3. The van der Waals surface area contributed by atoms with E-state index in [1.807, 2.05) is 47.6 Å². The smallest absolute Gasteiger partial charge is 0.123 e. The molecule has 114 valence electrons. The van der Waals surface area contributed by atoms with Crippen LogP contribution in [0.25, 0.3) is 16.7 Å². The van der Waals surface area contributed by atoms with Gasteiger partial charge >= 0.3 is 0 Å². The SMILES string of the molecule is Fc1cccc(C2=CC=CN(Cc3ccc4nsnc4c3)N2)c1. The molecule has 0 saturated carbocycles. The Morgan fingerprint density at radius 3 is 2.91 bits per heavy atom. The standard InChI is InChI=1S/C17H13FN4S/c18-14-4-1-3-13(10-14)15-5-2-8-22(19-15)11-12-6-7-16-17(9-12)21-23-20-16/h1-10,19H,11H2. The normalized spacial score (nSPS) is 14.0. The Morgan fingerprint density at radius 2 is 2.00 bits per heavy atom. The monoisotopic (exact) mass is 324 g/mol. The Hall–Kier alpha value is -2.73. The van der Waals surface area contributed by atoms with Gasteiger partial charge in [0.15, 0.2) is 0 Å². The van der Waals surface area contributed by atoms with Crippen LogP contribution in [0.2, 0.25) is 0 Å². The highest BCUT2D eigenvalue weighted by atomic mass is 32.1. The lowest BCUT2D eigenvalue weighted by Crippen LogP contribution is -2.33. The van der Waals surface area contributed by atoms with E-state index >= 15 is 0 Å². The van der Waals surface area contributed by atoms with Crippen molar-refractivity contribution >= 4 is 28.5 Å². The third-order valence-corrected chi connectivity index (χ3v) is 4.16. The first-order chi connectivity index (χ1) is 11.3. The first kappa shape index (κ1) is 13.9. The zero-order valence-corrected chi connectivity index (χ0v) is 12.9. The first-order valence-corrected chi connectivity index (χ1v) is 7.90. The number of nitrogens with zero attached hydrogens (tertiary/aromatic N) is 3. The fourth-order valence-electron chi connectivity index (χ4n) is 2.50. The van der Waals surface area contributed by atoms with Gasteiger partial charge < -0.3 is 0 Å². The minimum Gasteiger partial charge on any atom is -0.298 e. The summed E-state index contributed by atoms with van der Waals surface area (Å²) in [5.74, 6) is -0.243. The van der Waals surface area contributed by atoms with Gasteiger partial charge in [0, 0.05) is 11.8 Å². The lowest BCUT2D eigenvalue weighted by molar-refractivity contribution is 0.313. The van der Waals surface area contributed by atoms with Gasteiger partial charge in [-0.25, -0.2) is 4.39 Å². The van der Waals surface area contributed by atoms with Crippen molar-refractivity contribution in [3.05, 3.63) is 77.8 Å². The molecule has 0 aliphatic carbocycles. The topological polar surface area (TPSA) is 41.1 Å². The molecule has 0 bridgehead atoms. The van der Waals surface area contributed by atoms with E-state index in [1.165, 1.54) is 23.9 Å². The predicted octanol–water partition coefficient (Wildman–Crippen LogP) is 3.71. The number of halogens is 1. The van der Waals surface area contributed by atoms with Crippen molar-refractivity contribution in [3.63, 3.8) is 0 Å². The summed E-state index contributed by atoms with van der Waals surface area (Å²) in [5.41, 5.74) is 7.93. The molecule has 4 nitrogen and oxygen atoms in total. The summed E-state index contributed by atoms with van der Waals surface area (Å²) >= 11 is 1.22. The van der Waals surface area contributed by atoms with Crippen LogP contribution in [0, 0.1) is 5.82 Å². The van der Waals surface area contributed by atoms with Gasteiger partial charge in [-0.1, -0.05) is 18.2 Å². The van der Waals surface area contributed by atoms with E-state index in [1.54, 1.807) is 6.07 Å². The van der Waals surface area contributed by atoms with E-state index in [4.69, 9.17) is 0 Å². The van der Waals surface area contributed by atoms with Crippen molar-refractivity contribution in [2.45, 2.75) is 6.54 Å². The van der Waals surface area contributed by atoms with E-state index < -0.39 is 0 Å². The van der Waals surface area contributed by atoms with Gasteiger partial charge in [0.2, 0.25) is 0 Å². The van der Waals surface area contributed by atoms with Gasteiger partial charge in [-0.05, 0) is 42.0 Å². The maximum atomic E-state index is 13.4. The number of fused-ring (bicyclic) bond motifs is 1. The van der Waals surface area contributed by atoms with Crippen LogP contribution in [0.15, 0.2) is 60.8 Å². The molecule has 0 atom stereocenters. The molecule has 0 saturated heterocycles. The second kappa shape index (κ2) is 5.81. The molecule has 4 rings (SSSR count). The number of aromatic nitrogens is 2. The molecule has 3 aromatic rings. The van der Waals surface area contributed by atoms with Crippen molar-refractivity contribution in [1.82, 2.24) is 19.2 Å². The molecule has 1 aromatic heterocycles. The fourth-order valence-corrected chi connectivity index (χ4v) is 3.02. The van der Waals surface area contributed by atoms with Crippen molar-refractivity contribution < 1.29 is 4.39 Å². The van der Waals surface area contributed by atoms with Crippen LogP contribution < -0.4 is 5.43 Å². The quantitative estimate of drug-likeness (QED) is 0.797. The van der Waals surface area contributed by atoms with Gasteiger partial charge in [0.1, 0.15) is 16.9 Å². The minimum atomic E-state index is -0.243. The zero-order valence-electron chi connectivity index (χ0n) is 12.1. The second-order valence-electron chi connectivity index (χ2n) is 5.26. The molecule has 2 aromatic carbocycles.